The lowest BCUT2D eigenvalue weighted by Gasteiger charge is -2.20. The standard InChI is InChI=1S/C17H21N3OS/c1-2-12-4-3-5-14(10-12)19-16(21)15-11-22-17(20-15)13-6-8-18-9-7-13/h3-5,10-11,13,18H,2,6-9H2,1H3,(H,19,21). The van der Waals surface area contributed by atoms with Crippen LogP contribution in [0.25, 0.3) is 0 Å². The fourth-order valence-corrected chi connectivity index (χ4v) is 3.68. The van der Waals surface area contributed by atoms with Gasteiger partial charge in [0, 0.05) is 17.0 Å². The van der Waals surface area contributed by atoms with E-state index in [4.69, 9.17) is 0 Å². The summed E-state index contributed by atoms with van der Waals surface area (Å²) >= 11 is 1.60. The zero-order valence-corrected chi connectivity index (χ0v) is 13.6. The van der Waals surface area contributed by atoms with Gasteiger partial charge in [-0.2, -0.15) is 0 Å². The lowest BCUT2D eigenvalue weighted by molar-refractivity contribution is 0.102. The molecule has 1 fully saturated rings. The smallest absolute Gasteiger partial charge is 0.275 e. The first-order chi connectivity index (χ1) is 10.8. The van der Waals surface area contributed by atoms with Crippen LogP contribution in [-0.4, -0.2) is 24.0 Å². The highest BCUT2D eigenvalue weighted by Crippen LogP contribution is 2.28. The number of benzene rings is 1. The zero-order valence-electron chi connectivity index (χ0n) is 12.8. The molecule has 2 heterocycles. The molecule has 0 saturated carbocycles. The highest BCUT2D eigenvalue weighted by molar-refractivity contribution is 7.09. The van der Waals surface area contributed by atoms with Crippen molar-refractivity contribution in [3.63, 3.8) is 0 Å². The minimum absolute atomic E-state index is 0.121. The molecule has 1 aromatic heterocycles. The van der Waals surface area contributed by atoms with Gasteiger partial charge in [-0.3, -0.25) is 4.79 Å². The number of anilines is 1. The Morgan fingerprint density at radius 2 is 2.23 bits per heavy atom. The number of hydrogen-bond donors (Lipinski definition) is 2. The van der Waals surface area contributed by atoms with Crippen molar-refractivity contribution < 1.29 is 4.79 Å². The quantitative estimate of drug-likeness (QED) is 0.909. The third-order valence-corrected chi connectivity index (χ3v) is 5.04. The van der Waals surface area contributed by atoms with Crippen molar-refractivity contribution in [2.75, 3.05) is 18.4 Å². The van der Waals surface area contributed by atoms with E-state index in [-0.39, 0.29) is 5.91 Å². The molecule has 1 aliphatic heterocycles. The predicted octanol–water partition coefficient (Wildman–Crippen LogP) is 3.42. The van der Waals surface area contributed by atoms with Crippen molar-refractivity contribution in [2.45, 2.75) is 32.1 Å². The number of amides is 1. The van der Waals surface area contributed by atoms with Crippen LogP contribution in [0.3, 0.4) is 0 Å². The summed E-state index contributed by atoms with van der Waals surface area (Å²) in [5.74, 6) is 0.376. The van der Waals surface area contributed by atoms with Gasteiger partial charge in [0.1, 0.15) is 5.69 Å². The summed E-state index contributed by atoms with van der Waals surface area (Å²) in [7, 11) is 0. The van der Waals surface area contributed by atoms with Gasteiger partial charge in [0.05, 0.1) is 5.01 Å². The van der Waals surface area contributed by atoms with Gasteiger partial charge in [-0.15, -0.1) is 11.3 Å². The molecule has 2 aromatic rings. The van der Waals surface area contributed by atoms with E-state index >= 15 is 0 Å². The zero-order chi connectivity index (χ0) is 15.4. The van der Waals surface area contributed by atoms with Crippen LogP contribution >= 0.6 is 11.3 Å². The normalized spacial score (nSPS) is 15.7. The van der Waals surface area contributed by atoms with Crippen molar-refractivity contribution in [3.8, 4) is 0 Å². The molecular formula is C17H21N3OS. The van der Waals surface area contributed by atoms with Gasteiger partial charge >= 0.3 is 0 Å². The molecular weight excluding hydrogens is 294 g/mol. The second-order valence-electron chi connectivity index (χ2n) is 5.60. The van der Waals surface area contributed by atoms with Crippen LogP contribution in [0.1, 0.15) is 46.7 Å². The van der Waals surface area contributed by atoms with E-state index in [9.17, 15) is 4.79 Å². The summed E-state index contributed by atoms with van der Waals surface area (Å²) < 4.78 is 0. The van der Waals surface area contributed by atoms with Crippen LogP contribution in [0, 0.1) is 0 Å². The number of carbonyl (C=O) groups excluding carboxylic acids is 1. The van der Waals surface area contributed by atoms with Gasteiger partial charge in [0.2, 0.25) is 0 Å². The first-order valence-corrected chi connectivity index (χ1v) is 8.70. The second kappa shape index (κ2) is 7.03. The maximum absolute atomic E-state index is 12.3. The Balaban J connectivity index is 1.68. The average Bonchev–Trinajstić information content (AvgIpc) is 3.06. The Labute approximate surface area is 135 Å². The van der Waals surface area contributed by atoms with Gasteiger partial charge in [-0.1, -0.05) is 19.1 Å². The van der Waals surface area contributed by atoms with Gasteiger partial charge in [-0.05, 0) is 50.0 Å². The number of aromatic nitrogens is 1. The number of nitrogens with one attached hydrogen (secondary N) is 2. The highest BCUT2D eigenvalue weighted by atomic mass is 32.1. The molecule has 0 radical (unpaired) electrons. The van der Waals surface area contributed by atoms with Crippen molar-refractivity contribution in [1.29, 1.82) is 0 Å². The monoisotopic (exact) mass is 315 g/mol. The molecule has 5 heteroatoms. The Hall–Kier alpha value is -1.72. The van der Waals surface area contributed by atoms with Gasteiger partial charge in [0.15, 0.2) is 0 Å². The minimum atomic E-state index is -0.121. The third kappa shape index (κ3) is 3.54. The van der Waals surface area contributed by atoms with Crippen molar-refractivity contribution >= 4 is 22.9 Å². The molecule has 1 aliphatic rings. The predicted molar refractivity (Wildman–Crippen MR) is 90.7 cm³/mol. The maximum Gasteiger partial charge on any atom is 0.275 e. The van der Waals surface area contributed by atoms with E-state index in [1.54, 1.807) is 11.3 Å². The molecule has 1 amide bonds. The number of nitrogens with zero attached hydrogens (tertiary/aromatic N) is 1. The molecule has 0 atom stereocenters. The van der Waals surface area contributed by atoms with Crippen molar-refractivity contribution in [1.82, 2.24) is 10.3 Å². The molecule has 0 bridgehead atoms. The number of aryl methyl sites for hydroxylation is 1. The van der Waals surface area contributed by atoms with E-state index in [0.717, 1.165) is 43.0 Å². The topological polar surface area (TPSA) is 54.0 Å². The number of thiazole rings is 1. The first-order valence-electron chi connectivity index (χ1n) is 7.82. The Morgan fingerprint density at radius 1 is 1.41 bits per heavy atom. The van der Waals surface area contributed by atoms with Gasteiger partial charge < -0.3 is 10.6 Å². The van der Waals surface area contributed by atoms with E-state index in [2.05, 4.69) is 28.6 Å². The van der Waals surface area contributed by atoms with E-state index in [1.807, 2.05) is 23.6 Å². The average molecular weight is 315 g/mol. The summed E-state index contributed by atoms with van der Waals surface area (Å²) in [6, 6.07) is 7.96. The second-order valence-corrected chi connectivity index (χ2v) is 6.49. The van der Waals surface area contributed by atoms with Crippen LogP contribution in [0.5, 0.6) is 0 Å². The minimum Gasteiger partial charge on any atom is -0.321 e. The molecule has 1 aromatic carbocycles. The fraction of sp³-hybridized carbons (Fsp3) is 0.412. The number of carbonyl (C=O) groups is 1. The Bertz CT molecular complexity index is 647. The highest BCUT2D eigenvalue weighted by Gasteiger charge is 2.20. The molecule has 0 unspecified atom stereocenters. The van der Waals surface area contributed by atoms with Crippen LogP contribution in [0.15, 0.2) is 29.6 Å². The largest absolute Gasteiger partial charge is 0.321 e. The Morgan fingerprint density at radius 3 is 3.00 bits per heavy atom. The van der Waals surface area contributed by atoms with Crippen LogP contribution < -0.4 is 10.6 Å². The van der Waals surface area contributed by atoms with Crippen LogP contribution in [0.4, 0.5) is 5.69 Å². The van der Waals surface area contributed by atoms with Gasteiger partial charge in [-0.25, -0.2) is 4.98 Å². The molecule has 22 heavy (non-hydrogen) atoms. The molecule has 3 rings (SSSR count). The third-order valence-electron chi connectivity index (χ3n) is 4.04. The lowest BCUT2D eigenvalue weighted by atomic mass is 9.99. The molecule has 0 aliphatic carbocycles. The van der Waals surface area contributed by atoms with Crippen LogP contribution in [0.2, 0.25) is 0 Å². The maximum atomic E-state index is 12.3. The molecule has 116 valence electrons. The lowest BCUT2D eigenvalue weighted by Crippen LogP contribution is -2.26. The summed E-state index contributed by atoms with van der Waals surface area (Å²) in [4.78, 5) is 16.9. The molecule has 4 nitrogen and oxygen atoms in total. The number of piperidine rings is 1. The fourth-order valence-electron chi connectivity index (χ4n) is 2.71. The van der Waals surface area contributed by atoms with Crippen molar-refractivity contribution in [2.24, 2.45) is 0 Å². The Kier molecular flexibility index (Phi) is 4.85. The first kappa shape index (κ1) is 15.2. The van der Waals surface area contributed by atoms with E-state index in [1.165, 1.54) is 5.56 Å². The summed E-state index contributed by atoms with van der Waals surface area (Å²) in [6.07, 6.45) is 3.17. The number of hydrogen-bond acceptors (Lipinski definition) is 4. The molecule has 2 N–H and O–H groups in total. The van der Waals surface area contributed by atoms with E-state index in [0.29, 0.717) is 11.6 Å². The summed E-state index contributed by atoms with van der Waals surface area (Å²) in [5, 5.41) is 9.26. The van der Waals surface area contributed by atoms with Crippen molar-refractivity contribution in [3.05, 3.63) is 45.9 Å². The SMILES string of the molecule is CCc1cccc(NC(=O)c2csc(C3CCNCC3)n2)c1. The molecule has 0 spiro atoms. The molecule has 1 saturated heterocycles. The van der Waals surface area contributed by atoms with E-state index < -0.39 is 0 Å². The summed E-state index contributed by atoms with van der Waals surface area (Å²) in [5.41, 5.74) is 2.58. The van der Waals surface area contributed by atoms with Crippen LogP contribution in [-0.2, 0) is 6.42 Å². The number of rotatable bonds is 4. The summed E-state index contributed by atoms with van der Waals surface area (Å²) in [6.45, 7) is 4.18. The van der Waals surface area contributed by atoms with Gasteiger partial charge in [0.25, 0.3) is 5.91 Å².